The lowest BCUT2D eigenvalue weighted by atomic mass is 9.89. The van der Waals surface area contributed by atoms with E-state index in [1.807, 2.05) is 12.3 Å². The van der Waals surface area contributed by atoms with Crippen molar-refractivity contribution in [1.29, 1.82) is 0 Å². The number of H-pyrrole nitrogens is 1. The highest BCUT2D eigenvalue weighted by atomic mass is 32.2. The van der Waals surface area contributed by atoms with Crippen LogP contribution in [0.2, 0.25) is 0 Å². The van der Waals surface area contributed by atoms with Crippen molar-refractivity contribution in [1.82, 2.24) is 14.3 Å². The molecule has 1 aliphatic rings. The fourth-order valence-corrected chi connectivity index (χ4v) is 5.43. The van der Waals surface area contributed by atoms with Gasteiger partial charge in [0, 0.05) is 42.9 Å². The van der Waals surface area contributed by atoms with Crippen LogP contribution < -0.4 is 5.32 Å². The molecule has 0 bridgehead atoms. The summed E-state index contributed by atoms with van der Waals surface area (Å²) in [5, 5.41) is 4.62. The van der Waals surface area contributed by atoms with Gasteiger partial charge in [0.05, 0.1) is 5.75 Å². The van der Waals surface area contributed by atoms with E-state index in [1.165, 1.54) is 10.9 Å². The second kappa shape index (κ2) is 9.01. The Hall–Kier alpha value is -2.38. The first-order chi connectivity index (χ1) is 14.9. The summed E-state index contributed by atoms with van der Waals surface area (Å²) in [7, 11) is -3.10. The summed E-state index contributed by atoms with van der Waals surface area (Å²) in [6.07, 6.45) is 5.67. The first-order valence-corrected chi connectivity index (χ1v) is 12.8. The molecule has 7 heteroatoms. The van der Waals surface area contributed by atoms with Gasteiger partial charge in [-0.2, -0.15) is 0 Å². The molecule has 0 amide bonds. The molecule has 0 aliphatic carbocycles. The molecule has 1 fully saturated rings. The molecule has 166 valence electrons. The third kappa shape index (κ3) is 4.77. The van der Waals surface area contributed by atoms with E-state index >= 15 is 0 Å². The van der Waals surface area contributed by atoms with Gasteiger partial charge in [0.1, 0.15) is 5.82 Å². The second-order valence-electron chi connectivity index (χ2n) is 8.78. The van der Waals surface area contributed by atoms with Crippen molar-refractivity contribution in [3.05, 3.63) is 48.3 Å². The number of rotatable bonds is 7. The molecule has 0 unspecified atom stereocenters. The molecule has 0 radical (unpaired) electrons. The van der Waals surface area contributed by atoms with Gasteiger partial charge >= 0.3 is 0 Å². The molecule has 3 heterocycles. The summed E-state index contributed by atoms with van der Waals surface area (Å²) in [4.78, 5) is 7.85. The van der Waals surface area contributed by atoms with Crippen molar-refractivity contribution in [3.8, 4) is 11.1 Å². The van der Waals surface area contributed by atoms with Crippen LogP contribution in [0.5, 0.6) is 0 Å². The number of fused-ring (bicyclic) bond motifs is 1. The predicted molar refractivity (Wildman–Crippen MR) is 128 cm³/mol. The molecule has 0 atom stereocenters. The second-order valence-corrected chi connectivity index (χ2v) is 11.0. The summed E-state index contributed by atoms with van der Waals surface area (Å²) in [5.41, 5.74) is 4.71. The Morgan fingerprint density at radius 2 is 1.90 bits per heavy atom. The van der Waals surface area contributed by atoms with Crippen LogP contribution in [0.3, 0.4) is 0 Å². The highest BCUT2D eigenvalue weighted by Gasteiger charge is 2.28. The number of aromatic amines is 1. The molecule has 0 saturated carbocycles. The van der Waals surface area contributed by atoms with E-state index in [4.69, 9.17) is 0 Å². The SMILES string of the molecule is CCS(=O)(=O)N1CCC(c2c[nH]c3ccc(-c4ccnc(NCC(C)C)c4)cc23)CC1. The molecule has 2 aromatic heterocycles. The molecule has 2 N–H and O–H groups in total. The maximum atomic E-state index is 12.2. The minimum Gasteiger partial charge on any atom is -0.370 e. The lowest BCUT2D eigenvalue weighted by Crippen LogP contribution is -2.38. The van der Waals surface area contributed by atoms with Crippen molar-refractivity contribution in [3.63, 3.8) is 0 Å². The number of benzene rings is 1. The molecule has 0 spiro atoms. The fourth-order valence-electron chi connectivity index (χ4n) is 4.30. The highest BCUT2D eigenvalue weighted by molar-refractivity contribution is 7.89. The Morgan fingerprint density at radius 3 is 2.61 bits per heavy atom. The van der Waals surface area contributed by atoms with Crippen LogP contribution in [0, 0.1) is 5.92 Å². The molecule has 4 rings (SSSR count). The Labute approximate surface area is 185 Å². The molecular formula is C24H32N4O2S. The summed E-state index contributed by atoms with van der Waals surface area (Å²) in [6, 6.07) is 10.7. The molecule has 1 saturated heterocycles. The summed E-state index contributed by atoms with van der Waals surface area (Å²) in [5.74, 6) is 2.00. The van der Waals surface area contributed by atoms with Crippen LogP contribution in [0.4, 0.5) is 5.82 Å². The molecule has 6 nitrogen and oxygen atoms in total. The number of hydrogen-bond donors (Lipinski definition) is 2. The minimum atomic E-state index is -3.10. The first kappa shape index (κ1) is 21.8. The number of pyridine rings is 1. The number of anilines is 1. The molecule has 3 aromatic rings. The standard InChI is InChI=1S/C24H32N4O2S/c1-4-31(29,30)28-11-8-18(9-12-28)22-16-26-23-6-5-19(13-21(22)23)20-7-10-25-24(14-20)27-15-17(2)3/h5-7,10,13-14,16-18,26H,4,8-9,11-12,15H2,1-3H3,(H,25,27). The maximum absolute atomic E-state index is 12.2. The van der Waals surface area contributed by atoms with Crippen LogP contribution in [0.1, 0.15) is 45.1 Å². The molecular weight excluding hydrogens is 408 g/mol. The highest BCUT2D eigenvalue weighted by Crippen LogP contribution is 2.36. The average Bonchev–Trinajstić information content (AvgIpc) is 3.21. The van der Waals surface area contributed by atoms with Gasteiger partial charge in [0.2, 0.25) is 10.0 Å². The fraction of sp³-hybridized carbons (Fsp3) is 0.458. The lowest BCUT2D eigenvalue weighted by Gasteiger charge is -2.30. The minimum absolute atomic E-state index is 0.175. The Morgan fingerprint density at radius 1 is 1.16 bits per heavy atom. The summed E-state index contributed by atoms with van der Waals surface area (Å²) >= 11 is 0. The van der Waals surface area contributed by atoms with E-state index in [0.29, 0.717) is 24.9 Å². The Kier molecular flexibility index (Phi) is 6.34. The van der Waals surface area contributed by atoms with Crippen LogP contribution >= 0.6 is 0 Å². The first-order valence-electron chi connectivity index (χ1n) is 11.2. The van der Waals surface area contributed by atoms with Gasteiger partial charge in [-0.05, 0) is 72.6 Å². The Balaban J connectivity index is 1.57. The van der Waals surface area contributed by atoms with Gasteiger partial charge in [0.15, 0.2) is 0 Å². The van der Waals surface area contributed by atoms with Gasteiger partial charge < -0.3 is 10.3 Å². The zero-order valence-corrected chi connectivity index (χ0v) is 19.4. The van der Waals surface area contributed by atoms with Gasteiger partial charge in [-0.15, -0.1) is 0 Å². The smallest absolute Gasteiger partial charge is 0.213 e. The van der Waals surface area contributed by atoms with Crippen LogP contribution in [0.15, 0.2) is 42.7 Å². The number of aromatic nitrogens is 2. The van der Waals surface area contributed by atoms with Crippen molar-refractivity contribution in [2.75, 3.05) is 30.7 Å². The third-order valence-electron chi connectivity index (χ3n) is 6.15. The van der Waals surface area contributed by atoms with Crippen LogP contribution in [-0.2, 0) is 10.0 Å². The van der Waals surface area contributed by atoms with Crippen molar-refractivity contribution in [2.45, 2.75) is 39.5 Å². The van der Waals surface area contributed by atoms with Gasteiger partial charge in [-0.3, -0.25) is 0 Å². The topological polar surface area (TPSA) is 78.1 Å². The quantitative estimate of drug-likeness (QED) is 0.552. The van der Waals surface area contributed by atoms with Crippen molar-refractivity contribution < 1.29 is 8.42 Å². The largest absolute Gasteiger partial charge is 0.370 e. The third-order valence-corrected chi connectivity index (χ3v) is 8.03. The molecule has 1 aliphatic heterocycles. The van der Waals surface area contributed by atoms with Gasteiger partial charge in [-0.1, -0.05) is 19.9 Å². The lowest BCUT2D eigenvalue weighted by molar-refractivity contribution is 0.321. The van der Waals surface area contributed by atoms with Crippen molar-refractivity contribution in [2.24, 2.45) is 5.92 Å². The predicted octanol–water partition coefficient (Wildman–Crippen LogP) is 4.83. The Bertz CT molecular complexity index is 1150. The number of nitrogens with zero attached hydrogens (tertiary/aromatic N) is 2. The van der Waals surface area contributed by atoms with E-state index in [2.05, 4.69) is 59.6 Å². The van der Waals surface area contributed by atoms with E-state index in [0.717, 1.165) is 41.8 Å². The van der Waals surface area contributed by atoms with Gasteiger partial charge in [-0.25, -0.2) is 17.7 Å². The van der Waals surface area contributed by atoms with E-state index in [1.54, 1.807) is 11.2 Å². The number of nitrogens with one attached hydrogen (secondary N) is 2. The zero-order valence-electron chi connectivity index (χ0n) is 18.6. The number of sulfonamides is 1. The van der Waals surface area contributed by atoms with Crippen LogP contribution in [-0.4, -0.2) is 48.1 Å². The van der Waals surface area contributed by atoms with Gasteiger partial charge in [0.25, 0.3) is 0 Å². The summed E-state index contributed by atoms with van der Waals surface area (Å²) in [6.45, 7) is 8.17. The van der Waals surface area contributed by atoms with Crippen LogP contribution in [0.25, 0.3) is 22.0 Å². The normalized spacial score (nSPS) is 16.3. The average molecular weight is 441 g/mol. The zero-order chi connectivity index (χ0) is 22.0. The number of piperidine rings is 1. The summed E-state index contributed by atoms with van der Waals surface area (Å²) < 4.78 is 26.0. The molecule has 31 heavy (non-hydrogen) atoms. The maximum Gasteiger partial charge on any atom is 0.213 e. The van der Waals surface area contributed by atoms with E-state index < -0.39 is 10.0 Å². The van der Waals surface area contributed by atoms with E-state index in [9.17, 15) is 8.42 Å². The van der Waals surface area contributed by atoms with Crippen molar-refractivity contribution >= 4 is 26.7 Å². The number of hydrogen-bond acceptors (Lipinski definition) is 4. The monoisotopic (exact) mass is 440 g/mol. The van der Waals surface area contributed by atoms with E-state index in [-0.39, 0.29) is 5.75 Å². The molecule has 1 aromatic carbocycles.